The highest BCUT2D eigenvalue weighted by molar-refractivity contribution is 5.95. The Morgan fingerprint density at radius 2 is 1.35 bits per heavy atom. The monoisotopic (exact) mass is 555 g/mol. The largest absolute Gasteiger partial charge is 0.508 e. The number of carbonyl (C=O) groups excluding carboxylic acids is 4. The van der Waals surface area contributed by atoms with Gasteiger partial charge in [-0.05, 0) is 29.2 Å². The van der Waals surface area contributed by atoms with Crippen molar-refractivity contribution in [2.24, 2.45) is 17.4 Å². The summed E-state index contributed by atoms with van der Waals surface area (Å²) in [6.45, 7) is 3.53. The van der Waals surface area contributed by atoms with Crippen LogP contribution < -0.4 is 27.4 Å². The van der Waals surface area contributed by atoms with Crippen molar-refractivity contribution in [3.8, 4) is 5.75 Å². The van der Waals surface area contributed by atoms with Crippen LogP contribution in [0.25, 0.3) is 0 Å². The fourth-order valence-corrected chi connectivity index (χ4v) is 3.93. The van der Waals surface area contributed by atoms with E-state index in [0.29, 0.717) is 17.5 Å². The molecule has 12 nitrogen and oxygen atoms in total. The van der Waals surface area contributed by atoms with Crippen molar-refractivity contribution in [3.05, 3.63) is 65.7 Å². The molecule has 0 aliphatic heterocycles. The standard InChI is InChI=1S/C28H37N5O7/c1-3-16(2)24(33-25(36)20(29)15-23(30)35)27(38)31-21(13-18-9-11-19(34)12-10-18)26(37)32-22(28(39)40)14-17-7-5-4-6-8-17/h4-12,16,20-22,24,34H,3,13-15,29H2,1-2H3,(H2,30,35)(H,31,38)(H,32,37)(H,33,36)(H,39,40). The SMILES string of the molecule is CCC(C)C(NC(=O)C(N)CC(N)=O)C(=O)NC(Cc1ccc(O)cc1)C(=O)NC(Cc1ccccc1)C(=O)O. The van der Waals surface area contributed by atoms with Crippen LogP contribution in [0.1, 0.15) is 37.8 Å². The number of primary amides is 1. The van der Waals surface area contributed by atoms with Crippen molar-refractivity contribution in [2.75, 3.05) is 0 Å². The first-order chi connectivity index (χ1) is 18.9. The molecule has 2 rings (SSSR count). The maximum absolute atomic E-state index is 13.4. The molecule has 5 unspecified atom stereocenters. The van der Waals surface area contributed by atoms with E-state index in [1.54, 1.807) is 49.4 Å². The molecule has 0 fully saturated rings. The molecule has 0 aliphatic rings. The lowest BCUT2D eigenvalue weighted by Gasteiger charge is -2.28. The smallest absolute Gasteiger partial charge is 0.326 e. The average Bonchev–Trinajstić information content (AvgIpc) is 2.91. The lowest BCUT2D eigenvalue weighted by Crippen LogP contribution is -2.59. The Bertz CT molecular complexity index is 1170. The number of amides is 4. The van der Waals surface area contributed by atoms with Gasteiger partial charge in [0.25, 0.3) is 0 Å². The number of carboxylic acids is 1. The van der Waals surface area contributed by atoms with Gasteiger partial charge in [0.15, 0.2) is 0 Å². The number of phenolic OH excluding ortho intramolecular Hbond substituents is 1. The number of aromatic hydroxyl groups is 1. The molecule has 0 heterocycles. The van der Waals surface area contributed by atoms with Gasteiger partial charge in [0, 0.05) is 12.8 Å². The number of nitrogens with one attached hydrogen (secondary N) is 3. The number of hydrogen-bond acceptors (Lipinski definition) is 7. The second-order valence-electron chi connectivity index (χ2n) is 9.67. The normalized spacial score (nSPS) is 14.6. The van der Waals surface area contributed by atoms with Gasteiger partial charge < -0.3 is 37.6 Å². The molecule has 0 spiro atoms. The summed E-state index contributed by atoms with van der Waals surface area (Å²) < 4.78 is 0. The van der Waals surface area contributed by atoms with Crippen molar-refractivity contribution < 1.29 is 34.2 Å². The number of carboxylic acid groups (broad SMARTS) is 1. The predicted molar refractivity (Wildman–Crippen MR) is 147 cm³/mol. The van der Waals surface area contributed by atoms with Crippen molar-refractivity contribution in [1.82, 2.24) is 16.0 Å². The van der Waals surface area contributed by atoms with Crippen LogP contribution in [0, 0.1) is 5.92 Å². The summed E-state index contributed by atoms with van der Waals surface area (Å²) in [7, 11) is 0. The van der Waals surface area contributed by atoms with Crippen LogP contribution in [0.4, 0.5) is 0 Å². The minimum absolute atomic E-state index is 0.00874. The zero-order chi connectivity index (χ0) is 29.8. The third-order valence-electron chi connectivity index (χ3n) is 6.46. The molecule has 0 radical (unpaired) electrons. The van der Waals surface area contributed by atoms with Crippen LogP contribution in [0.3, 0.4) is 0 Å². The Morgan fingerprint density at radius 1 is 0.800 bits per heavy atom. The molecule has 0 aromatic heterocycles. The molecular formula is C28H37N5O7. The van der Waals surface area contributed by atoms with Gasteiger partial charge in [-0.1, -0.05) is 62.7 Å². The first-order valence-corrected chi connectivity index (χ1v) is 12.9. The predicted octanol–water partition coefficient (Wildman–Crippen LogP) is -0.0348. The van der Waals surface area contributed by atoms with Crippen molar-refractivity contribution in [1.29, 1.82) is 0 Å². The molecule has 216 valence electrons. The number of benzene rings is 2. The summed E-state index contributed by atoms with van der Waals surface area (Å²) in [5.74, 6) is -4.59. The number of rotatable bonds is 15. The van der Waals surface area contributed by atoms with Gasteiger partial charge in [-0.25, -0.2) is 4.79 Å². The van der Waals surface area contributed by atoms with Crippen molar-refractivity contribution in [2.45, 2.75) is 63.7 Å². The van der Waals surface area contributed by atoms with E-state index in [4.69, 9.17) is 11.5 Å². The molecular weight excluding hydrogens is 518 g/mol. The van der Waals surface area contributed by atoms with Crippen molar-refractivity contribution >= 4 is 29.6 Å². The van der Waals surface area contributed by atoms with Gasteiger partial charge >= 0.3 is 5.97 Å². The molecule has 40 heavy (non-hydrogen) atoms. The van der Waals surface area contributed by atoms with Crippen LogP contribution in [-0.2, 0) is 36.8 Å². The molecule has 2 aromatic carbocycles. The van der Waals surface area contributed by atoms with Gasteiger partial charge in [0.1, 0.15) is 23.9 Å². The summed E-state index contributed by atoms with van der Waals surface area (Å²) >= 11 is 0. The van der Waals surface area contributed by atoms with Gasteiger partial charge in [-0.15, -0.1) is 0 Å². The lowest BCUT2D eigenvalue weighted by atomic mass is 9.96. The van der Waals surface area contributed by atoms with Gasteiger partial charge in [-0.2, -0.15) is 0 Å². The Kier molecular flexibility index (Phi) is 12.1. The quantitative estimate of drug-likeness (QED) is 0.158. The summed E-state index contributed by atoms with van der Waals surface area (Å²) in [5, 5.41) is 27.0. The number of hydrogen-bond donors (Lipinski definition) is 7. The third kappa shape index (κ3) is 10.0. The molecule has 0 bridgehead atoms. The van der Waals surface area contributed by atoms with Crippen LogP contribution in [0.5, 0.6) is 5.75 Å². The van der Waals surface area contributed by atoms with Crippen LogP contribution in [0.15, 0.2) is 54.6 Å². The summed E-state index contributed by atoms with van der Waals surface area (Å²) in [6.07, 6.45) is 0.0595. The molecule has 0 saturated heterocycles. The van der Waals surface area contributed by atoms with Gasteiger partial charge in [0.05, 0.1) is 12.5 Å². The summed E-state index contributed by atoms with van der Waals surface area (Å²) in [6, 6.07) is 9.87. The minimum Gasteiger partial charge on any atom is -0.508 e. The van der Waals surface area contributed by atoms with Crippen LogP contribution >= 0.6 is 0 Å². The first-order valence-electron chi connectivity index (χ1n) is 12.9. The van der Waals surface area contributed by atoms with E-state index >= 15 is 0 Å². The molecule has 0 saturated carbocycles. The number of nitrogens with two attached hydrogens (primary N) is 2. The Morgan fingerprint density at radius 3 is 1.90 bits per heavy atom. The Balaban J connectivity index is 2.28. The molecule has 9 N–H and O–H groups in total. The highest BCUT2D eigenvalue weighted by atomic mass is 16.4. The van der Waals surface area contributed by atoms with Gasteiger partial charge in [-0.3, -0.25) is 19.2 Å². The molecule has 2 aromatic rings. The molecule has 4 amide bonds. The number of carbonyl (C=O) groups is 5. The highest BCUT2D eigenvalue weighted by Gasteiger charge is 2.33. The number of phenols is 1. The molecule has 0 aliphatic carbocycles. The first kappa shape index (κ1) is 31.8. The highest BCUT2D eigenvalue weighted by Crippen LogP contribution is 2.14. The van der Waals surface area contributed by atoms with E-state index in [0.717, 1.165) is 0 Å². The zero-order valence-electron chi connectivity index (χ0n) is 22.5. The van der Waals surface area contributed by atoms with Crippen LogP contribution in [-0.4, -0.2) is 64.0 Å². The average molecular weight is 556 g/mol. The third-order valence-corrected chi connectivity index (χ3v) is 6.46. The molecule has 5 atom stereocenters. The minimum atomic E-state index is -1.27. The Labute approximate surface area is 232 Å². The second-order valence-corrected chi connectivity index (χ2v) is 9.67. The van der Waals surface area contributed by atoms with E-state index in [1.165, 1.54) is 12.1 Å². The maximum Gasteiger partial charge on any atom is 0.326 e. The van der Waals surface area contributed by atoms with E-state index < -0.39 is 60.2 Å². The van der Waals surface area contributed by atoms with E-state index in [-0.39, 0.29) is 24.5 Å². The second kappa shape index (κ2) is 15.2. The summed E-state index contributed by atoms with van der Waals surface area (Å²) in [5.41, 5.74) is 12.1. The van der Waals surface area contributed by atoms with E-state index in [2.05, 4.69) is 16.0 Å². The topological polar surface area (TPSA) is 214 Å². The fraction of sp³-hybridized carbons (Fsp3) is 0.393. The van der Waals surface area contributed by atoms with Crippen LogP contribution in [0.2, 0.25) is 0 Å². The van der Waals surface area contributed by atoms with Gasteiger partial charge in [0.2, 0.25) is 23.6 Å². The van der Waals surface area contributed by atoms with Crippen molar-refractivity contribution in [3.63, 3.8) is 0 Å². The number of aliphatic carboxylic acids is 1. The molecule has 12 heteroatoms. The summed E-state index contributed by atoms with van der Waals surface area (Å²) in [4.78, 5) is 62.5. The maximum atomic E-state index is 13.4. The van der Waals surface area contributed by atoms with E-state index in [1.807, 2.05) is 6.92 Å². The fourth-order valence-electron chi connectivity index (χ4n) is 3.93. The lowest BCUT2D eigenvalue weighted by molar-refractivity contribution is -0.142. The Hall–Kier alpha value is -4.45. The zero-order valence-corrected chi connectivity index (χ0v) is 22.5. The van der Waals surface area contributed by atoms with E-state index in [9.17, 15) is 34.2 Å².